The van der Waals surface area contributed by atoms with Crippen LogP contribution in [0.3, 0.4) is 0 Å². The molecule has 0 bridgehead atoms. The number of imidazole rings is 2. The van der Waals surface area contributed by atoms with Crippen LogP contribution < -0.4 is 10.6 Å². The largest absolute Gasteiger partial charge is 0.453 e. The highest BCUT2D eigenvalue weighted by molar-refractivity contribution is 5.88. The summed E-state index contributed by atoms with van der Waals surface area (Å²) in [5.41, 5.74) is 7.04. The Hall–Kier alpha value is -5.38. The molecule has 5 aromatic rings. The van der Waals surface area contributed by atoms with Gasteiger partial charge in [0.15, 0.2) is 0 Å². The first-order valence-corrected chi connectivity index (χ1v) is 19.5. The minimum absolute atomic E-state index is 0.0899. The second kappa shape index (κ2) is 16.2. The number of methoxy groups -OCH3 is 1. The number of hydrogen-bond donors (Lipinski definition) is 6. The second-order valence-corrected chi connectivity index (χ2v) is 16.1. The van der Waals surface area contributed by atoms with Crippen molar-refractivity contribution in [2.24, 2.45) is 17.8 Å². The van der Waals surface area contributed by atoms with Gasteiger partial charge in [-0.25, -0.2) is 19.2 Å². The third-order valence-electron chi connectivity index (χ3n) is 11.2. The fourth-order valence-corrected chi connectivity index (χ4v) is 8.19. The molecule has 2 fully saturated rings. The fraction of sp³-hybridized carbons (Fsp3) is 0.452. The minimum atomic E-state index is -1.80. The van der Waals surface area contributed by atoms with Crippen molar-refractivity contribution in [1.29, 1.82) is 0 Å². The summed E-state index contributed by atoms with van der Waals surface area (Å²) in [4.78, 5) is 58.9. The topological polar surface area (TPSA) is 189 Å². The number of benzene rings is 3. The molecule has 15 heteroatoms. The van der Waals surface area contributed by atoms with Gasteiger partial charge in [-0.05, 0) is 70.7 Å². The normalized spacial score (nSPS) is 21.0. The van der Waals surface area contributed by atoms with Gasteiger partial charge in [-0.2, -0.15) is 0 Å². The molecule has 14 nitrogen and oxygen atoms in total. The molecule has 6 N–H and O–H groups in total. The van der Waals surface area contributed by atoms with E-state index in [-0.39, 0.29) is 48.6 Å². The Kier molecular flexibility index (Phi) is 11.3. The van der Waals surface area contributed by atoms with Gasteiger partial charge in [0.05, 0.1) is 53.8 Å². The molecule has 57 heavy (non-hydrogen) atoms. The number of nitrogens with one attached hydrogen (secondary N) is 4. The number of hydrogen-bond acceptors (Lipinski definition) is 9. The fourth-order valence-electron chi connectivity index (χ4n) is 8.19. The van der Waals surface area contributed by atoms with Gasteiger partial charge in [0.1, 0.15) is 23.9 Å². The quantitative estimate of drug-likeness (QED) is 0.0933. The molecule has 7 rings (SSSR count). The van der Waals surface area contributed by atoms with Gasteiger partial charge in [0.25, 0.3) is 0 Å². The van der Waals surface area contributed by atoms with E-state index in [2.05, 4.69) is 45.7 Å². The van der Waals surface area contributed by atoms with E-state index in [1.807, 2.05) is 70.2 Å². The monoisotopic (exact) mass is 782 g/mol. The van der Waals surface area contributed by atoms with Gasteiger partial charge >= 0.3 is 6.09 Å². The Balaban J connectivity index is 1.08. The van der Waals surface area contributed by atoms with Crippen LogP contribution in [0.25, 0.3) is 44.3 Å². The van der Waals surface area contributed by atoms with E-state index in [0.29, 0.717) is 23.7 Å². The highest BCUT2D eigenvalue weighted by Gasteiger charge is 2.42. The van der Waals surface area contributed by atoms with Crippen LogP contribution in [-0.4, -0.2) is 103 Å². The standard InChI is InChI=1S/C42H51FN8O6/c1-21(2)35(48-41(54)55)39(52)50-19-23(5)15-33(50)37-44-29-13-11-26(16-31(29)46-37)24-7-9-25(10-8-24)27-12-14-30-32(17-27)47-38(45-30)34-18-28(43)20-51(34)40(53)36(22(3)4)49-42(56)57-6/h7-14,16-17,21-23,28,33-36,41,48,54-55H,15,18-20H2,1-6H3,(H,44,46)(H,45,47)(H,49,56). The lowest BCUT2D eigenvalue weighted by Crippen LogP contribution is -2.52. The molecule has 0 saturated carbocycles. The lowest BCUT2D eigenvalue weighted by atomic mass is 10.00. The van der Waals surface area contributed by atoms with Gasteiger partial charge in [0.2, 0.25) is 18.2 Å². The summed E-state index contributed by atoms with van der Waals surface area (Å²) < 4.78 is 19.6. The third kappa shape index (κ3) is 8.22. The number of nitrogens with zero attached hydrogens (tertiary/aromatic N) is 4. The SMILES string of the molecule is COC(=O)NC(C(=O)N1CC(F)CC1c1nc2ccc(-c3ccc(-c4ccc5nc(C6CC(C)CN6C(=O)C(NC(O)O)C(C)C)[nH]c5c4)cc3)cc2[nH]1)C(C)C. The number of carbonyl (C=O) groups excluding carboxylic acids is 3. The number of aromatic amines is 2. The van der Waals surface area contributed by atoms with E-state index in [0.717, 1.165) is 45.2 Å². The van der Waals surface area contributed by atoms with Crippen LogP contribution in [0.4, 0.5) is 9.18 Å². The van der Waals surface area contributed by atoms with E-state index in [1.54, 1.807) is 4.90 Å². The lowest BCUT2D eigenvalue weighted by Gasteiger charge is -2.30. The zero-order valence-electron chi connectivity index (χ0n) is 33.0. The van der Waals surface area contributed by atoms with E-state index in [9.17, 15) is 29.0 Å². The van der Waals surface area contributed by atoms with Gasteiger partial charge in [-0.1, -0.05) is 71.0 Å². The minimum Gasteiger partial charge on any atom is -0.453 e. The van der Waals surface area contributed by atoms with Crippen molar-refractivity contribution in [2.45, 2.75) is 84.2 Å². The molecule has 6 unspecified atom stereocenters. The predicted molar refractivity (Wildman–Crippen MR) is 213 cm³/mol. The number of likely N-dealkylation sites (tertiary alicyclic amines) is 2. The van der Waals surface area contributed by atoms with Crippen molar-refractivity contribution in [2.75, 3.05) is 20.2 Å². The number of alkyl carbamates (subject to hydrolysis) is 1. The summed E-state index contributed by atoms with van der Waals surface area (Å²) in [6, 6.07) is 17.6. The van der Waals surface area contributed by atoms with Gasteiger partial charge < -0.3 is 40.0 Å². The van der Waals surface area contributed by atoms with Gasteiger partial charge in [-0.3, -0.25) is 14.9 Å². The van der Waals surface area contributed by atoms with E-state index >= 15 is 0 Å². The molecule has 4 heterocycles. The molecule has 3 aromatic carbocycles. The smallest absolute Gasteiger partial charge is 0.407 e. The number of aliphatic hydroxyl groups is 2. The summed E-state index contributed by atoms with van der Waals surface area (Å²) in [6.45, 7) is 9.92. The average Bonchev–Trinajstić information content (AvgIpc) is 3.98. The highest BCUT2D eigenvalue weighted by atomic mass is 19.1. The number of rotatable bonds is 11. The molecule has 2 aromatic heterocycles. The summed E-state index contributed by atoms with van der Waals surface area (Å²) in [5, 5.41) is 24.3. The Morgan fingerprint density at radius 3 is 1.72 bits per heavy atom. The van der Waals surface area contributed by atoms with Crippen LogP contribution in [0.15, 0.2) is 60.7 Å². The molecular weight excluding hydrogens is 732 g/mol. The Morgan fingerprint density at radius 2 is 1.23 bits per heavy atom. The van der Waals surface area contributed by atoms with Crippen molar-refractivity contribution in [3.05, 3.63) is 72.3 Å². The lowest BCUT2D eigenvalue weighted by molar-refractivity contribution is -0.141. The van der Waals surface area contributed by atoms with E-state index in [4.69, 9.17) is 14.7 Å². The second-order valence-electron chi connectivity index (χ2n) is 16.1. The predicted octanol–water partition coefficient (Wildman–Crippen LogP) is 5.56. The maximum Gasteiger partial charge on any atom is 0.407 e. The zero-order chi connectivity index (χ0) is 40.7. The molecule has 6 atom stereocenters. The number of amides is 3. The van der Waals surface area contributed by atoms with Gasteiger partial charge in [-0.15, -0.1) is 0 Å². The molecular formula is C42H51FN8O6. The van der Waals surface area contributed by atoms with Crippen LogP contribution >= 0.6 is 0 Å². The number of alkyl halides is 1. The number of aliphatic hydroxyl groups excluding tert-OH is 1. The van der Waals surface area contributed by atoms with Crippen molar-refractivity contribution in [3.63, 3.8) is 0 Å². The molecule has 2 saturated heterocycles. The summed E-state index contributed by atoms with van der Waals surface area (Å²) in [5.74, 6) is 0.482. The Labute approximate surface area is 330 Å². The van der Waals surface area contributed by atoms with Crippen LogP contribution in [-0.2, 0) is 14.3 Å². The maximum absolute atomic E-state index is 14.9. The number of carbonyl (C=O) groups is 3. The van der Waals surface area contributed by atoms with Crippen LogP contribution in [0, 0.1) is 17.8 Å². The average molecular weight is 783 g/mol. The van der Waals surface area contributed by atoms with E-state index in [1.165, 1.54) is 12.0 Å². The summed E-state index contributed by atoms with van der Waals surface area (Å²) in [6.07, 6.45) is -2.91. The van der Waals surface area contributed by atoms with Crippen LogP contribution in [0.1, 0.15) is 71.2 Å². The maximum atomic E-state index is 14.9. The number of aromatic nitrogens is 4. The molecule has 0 radical (unpaired) electrons. The number of H-pyrrole nitrogens is 2. The summed E-state index contributed by atoms with van der Waals surface area (Å²) in [7, 11) is 1.23. The molecule has 3 amide bonds. The van der Waals surface area contributed by atoms with Crippen molar-refractivity contribution in [3.8, 4) is 22.3 Å². The Morgan fingerprint density at radius 1 is 0.754 bits per heavy atom. The van der Waals surface area contributed by atoms with Crippen molar-refractivity contribution < 1.29 is 33.7 Å². The highest BCUT2D eigenvalue weighted by Crippen LogP contribution is 2.38. The van der Waals surface area contributed by atoms with E-state index < -0.39 is 36.8 Å². The molecule has 2 aliphatic rings. The van der Waals surface area contributed by atoms with Crippen LogP contribution in [0.2, 0.25) is 0 Å². The number of halogens is 1. The number of ether oxygens (including phenoxy) is 1. The molecule has 302 valence electrons. The molecule has 0 spiro atoms. The van der Waals surface area contributed by atoms with Crippen molar-refractivity contribution in [1.82, 2.24) is 40.4 Å². The first kappa shape index (κ1) is 39.8. The third-order valence-corrected chi connectivity index (χ3v) is 11.2. The first-order valence-electron chi connectivity index (χ1n) is 19.5. The van der Waals surface area contributed by atoms with Crippen LogP contribution in [0.5, 0.6) is 0 Å². The van der Waals surface area contributed by atoms with Gasteiger partial charge in [0, 0.05) is 13.0 Å². The summed E-state index contributed by atoms with van der Waals surface area (Å²) >= 11 is 0. The molecule has 2 aliphatic heterocycles. The first-order chi connectivity index (χ1) is 27.2. The Bertz CT molecular complexity index is 2250. The molecule has 0 aliphatic carbocycles. The van der Waals surface area contributed by atoms with Crippen molar-refractivity contribution >= 4 is 40.0 Å². The zero-order valence-corrected chi connectivity index (χ0v) is 33.0. The number of fused-ring (bicyclic) bond motifs is 2.